The Morgan fingerprint density at radius 2 is 2.05 bits per heavy atom. The van der Waals surface area contributed by atoms with E-state index in [-0.39, 0.29) is 5.97 Å². The van der Waals surface area contributed by atoms with Crippen LogP contribution < -0.4 is 5.32 Å². The van der Waals surface area contributed by atoms with E-state index in [1.54, 1.807) is 0 Å². The van der Waals surface area contributed by atoms with Gasteiger partial charge in [-0.15, -0.1) is 0 Å². The van der Waals surface area contributed by atoms with Gasteiger partial charge in [0.15, 0.2) is 0 Å². The summed E-state index contributed by atoms with van der Waals surface area (Å²) in [6, 6.07) is 6.70. The number of ether oxygens (including phenoxy) is 1. The van der Waals surface area contributed by atoms with Gasteiger partial charge in [-0.1, -0.05) is 29.3 Å². The van der Waals surface area contributed by atoms with Crippen LogP contribution in [-0.2, 0) is 15.3 Å². The molecule has 1 fully saturated rings. The van der Waals surface area contributed by atoms with E-state index in [9.17, 15) is 4.79 Å². The van der Waals surface area contributed by atoms with E-state index < -0.39 is 5.54 Å². The molecular weight excluding hydrogens is 282 g/mol. The summed E-state index contributed by atoms with van der Waals surface area (Å²) in [5.74, 6) is 0.883. The molecule has 0 saturated heterocycles. The van der Waals surface area contributed by atoms with E-state index in [0.717, 1.165) is 25.0 Å². The van der Waals surface area contributed by atoms with Crippen LogP contribution >= 0.6 is 11.8 Å². The van der Waals surface area contributed by atoms with E-state index >= 15 is 0 Å². The highest BCUT2D eigenvalue weighted by atomic mass is 32.2. The van der Waals surface area contributed by atoms with Gasteiger partial charge >= 0.3 is 5.97 Å². The van der Waals surface area contributed by atoms with Gasteiger partial charge in [0.25, 0.3) is 0 Å². The number of thioether (sulfide) groups is 1. The molecule has 0 aliphatic heterocycles. The molecule has 4 heteroatoms. The second-order valence-corrected chi connectivity index (χ2v) is 7.28. The van der Waals surface area contributed by atoms with Gasteiger partial charge in [-0.05, 0) is 45.7 Å². The highest BCUT2D eigenvalue weighted by Gasteiger charge is 2.45. The molecule has 1 N–H and O–H groups in total. The first-order valence-electron chi connectivity index (χ1n) is 7.45. The number of hydrogen-bond acceptors (Lipinski definition) is 4. The average Bonchev–Trinajstić information content (AvgIpc) is 2.88. The molecule has 2 unspecified atom stereocenters. The largest absolute Gasteiger partial charge is 0.468 e. The summed E-state index contributed by atoms with van der Waals surface area (Å²) in [5.41, 5.74) is 3.53. The molecule has 0 aromatic heterocycles. The first kappa shape index (κ1) is 16.4. The molecule has 0 radical (unpaired) electrons. The fraction of sp³-hybridized carbons (Fsp3) is 0.588. The average molecular weight is 307 g/mol. The molecule has 1 aliphatic carbocycles. The SMILES string of the molecule is CNC1(C(=O)OC)CCC(SCc2cc(C)cc(C)c2)C1. The minimum atomic E-state index is -0.477. The van der Waals surface area contributed by atoms with E-state index in [0.29, 0.717) is 5.25 Å². The second-order valence-electron chi connectivity index (χ2n) is 6.00. The zero-order valence-corrected chi connectivity index (χ0v) is 14.2. The molecule has 0 bridgehead atoms. The monoisotopic (exact) mass is 307 g/mol. The number of methoxy groups -OCH3 is 1. The molecule has 21 heavy (non-hydrogen) atoms. The van der Waals surface area contributed by atoms with Gasteiger partial charge in [0.2, 0.25) is 0 Å². The fourth-order valence-corrected chi connectivity index (χ4v) is 4.50. The first-order chi connectivity index (χ1) is 9.99. The Balaban J connectivity index is 1.95. The standard InChI is InChI=1S/C17H25NO2S/c1-12-7-13(2)9-14(8-12)11-21-15-5-6-17(10-15,18-3)16(19)20-4/h7-9,15,18H,5-6,10-11H2,1-4H3. The highest BCUT2D eigenvalue weighted by molar-refractivity contribution is 7.99. The molecule has 0 spiro atoms. The predicted octanol–water partition coefficient (Wildman–Crippen LogP) is 3.22. The topological polar surface area (TPSA) is 38.3 Å². The lowest BCUT2D eigenvalue weighted by Crippen LogP contribution is -2.49. The third kappa shape index (κ3) is 3.80. The number of esters is 1. The zero-order chi connectivity index (χ0) is 15.5. The van der Waals surface area contributed by atoms with Crippen LogP contribution in [0.25, 0.3) is 0 Å². The zero-order valence-electron chi connectivity index (χ0n) is 13.4. The molecule has 1 aromatic carbocycles. The lowest BCUT2D eigenvalue weighted by molar-refractivity contribution is -0.148. The van der Waals surface area contributed by atoms with Gasteiger partial charge < -0.3 is 10.1 Å². The van der Waals surface area contributed by atoms with Crippen LogP contribution in [0.5, 0.6) is 0 Å². The molecule has 2 atom stereocenters. The summed E-state index contributed by atoms with van der Waals surface area (Å²) in [4.78, 5) is 12.0. The Kier molecular flexibility index (Phi) is 5.33. The molecular formula is C17H25NO2S. The van der Waals surface area contributed by atoms with Crippen molar-refractivity contribution in [3.05, 3.63) is 34.9 Å². The van der Waals surface area contributed by atoms with Gasteiger partial charge in [-0.25, -0.2) is 0 Å². The van der Waals surface area contributed by atoms with E-state index in [4.69, 9.17) is 4.74 Å². The molecule has 2 rings (SSSR count). The van der Waals surface area contributed by atoms with Gasteiger partial charge in [0, 0.05) is 11.0 Å². The van der Waals surface area contributed by atoms with Crippen molar-refractivity contribution < 1.29 is 9.53 Å². The van der Waals surface area contributed by atoms with Gasteiger partial charge in [-0.3, -0.25) is 4.79 Å². The van der Waals surface area contributed by atoms with E-state index in [2.05, 4.69) is 37.4 Å². The van der Waals surface area contributed by atoms with Crippen molar-refractivity contribution in [2.75, 3.05) is 14.2 Å². The van der Waals surface area contributed by atoms with Crippen molar-refractivity contribution in [2.45, 2.75) is 49.7 Å². The number of benzene rings is 1. The molecule has 3 nitrogen and oxygen atoms in total. The smallest absolute Gasteiger partial charge is 0.326 e. The fourth-order valence-electron chi connectivity index (χ4n) is 3.22. The van der Waals surface area contributed by atoms with Crippen LogP contribution in [0, 0.1) is 13.8 Å². The van der Waals surface area contributed by atoms with Crippen molar-refractivity contribution in [3.63, 3.8) is 0 Å². The number of hydrogen-bond donors (Lipinski definition) is 1. The second kappa shape index (κ2) is 6.84. The van der Waals surface area contributed by atoms with Crippen LogP contribution in [0.2, 0.25) is 0 Å². The predicted molar refractivity (Wildman–Crippen MR) is 88.7 cm³/mol. The summed E-state index contributed by atoms with van der Waals surface area (Å²) in [5, 5.41) is 3.70. The summed E-state index contributed by atoms with van der Waals surface area (Å²) >= 11 is 1.95. The van der Waals surface area contributed by atoms with Crippen LogP contribution in [0.1, 0.15) is 36.0 Å². The molecule has 0 heterocycles. The van der Waals surface area contributed by atoms with Crippen LogP contribution in [0.15, 0.2) is 18.2 Å². The van der Waals surface area contributed by atoms with Crippen molar-refractivity contribution in [1.29, 1.82) is 0 Å². The number of likely N-dealkylation sites (N-methyl/N-ethyl adjacent to an activating group) is 1. The van der Waals surface area contributed by atoms with Crippen molar-refractivity contribution >= 4 is 17.7 Å². The Bertz CT molecular complexity index is 497. The van der Waals surface area contributed by atoms with Gasteiger partial charge in [0.05, 0.1) is 7.11 Å². The highest BCUT2D eigenvalue weighted by Crippen LogP contribution is 2.39. The lowest BCUT2D eigenvalue weighted by atomic mass is 9.98. The van der Waals surface area contributed by atoms with Crippen LogP contribution in [0.3, 0.4) is 0 Å². The number of rotatable bonds is 5. The van der Waals surface area contributed by atoms with Crippen molar-refractivity contribution in [2.24, 2.45) is 0 Å². The quantitative estimate of drug-likeness (QED) is 0.848. The Morgan fingerprint density at radius 3 is 2.62 bits per heavy atom. The summed E-state index contributed by atoms with van der Waals surface area (Å²) < 4.78 is 4.96. The minimum Gasteiger partial charge on any atom is -0.468 e. The minimum absolute atomic E-state index is 0.125. The van der Waals surface area contributed by atoms with Crippen LogP contribution in [0.4, 0.5) is 0 Å². The molecule has 1 aromatic rings. The third-order valence-corrected chi connectivity index (χ3v) is 5.66. The number of carbonyl (C=O) groups excluding carboxylic acids is 1. The normalized spacial score (nSPS) is 25.0. The molecule has 116 valence electrons. The van der Waals surface area contributed by atoms with Crippen molar-refractivity contribution in [1.82, 2.24) is 5.32 Å². The Morgan fingerprint density at radius 1 is 1.38 bits per heavy atom. The van der Waals surface area contributed by atoms with Gasteiger partial charge in [0.1, 0.15) is 5.54 Å². The molecule has 1 saturated carbocycles. The van der Waals surface area contributed by atoms with Crippen LogP contribution in [-0.4, -0.2) is 30.9 Å². The molecule has 0 amide bonds. The maximum atomic E-state index is 12.0. The lowest BCUT2D eigenvalue weighted by Gasteiger charge is -2.25. The summed E-state index contributed by atoms with van der Waals surface area (Å²) in [6.07, 6.45) is 2.78. The van der Waals surface area contributed by atoms with Crippen molar-refractivity contribution in [3.8, 4) is 0 Å². The summed E-state index contributed by atoms with van der Waals surface area (Å²) in [7, 11) is 3.32. The first-order valence-corrected chi connectivity index (χ1v) is 8.50. The number of nitrogens with one attached hydrogen (secondary N) is 1. The van der Waals surface area contributed by atoms with E-state index in [1.165, 1.54) is 23.8 Å². The van der Waals surface area contributed by atoms with Gasteiger partial charge in [-0.2, -0.15) is 11.8 Å². The maximum Gasteiger partial charge on any atom is 0.326 e. The third-order valence-electron chi connectivity index (χ3n) is 4.29. The molecule has 1 aliphatic rings. The van der Waals surface area contributed by atoms with E-state index in [1.807, 2.05) is 18.8 Å². The summed E-state index contributed by atoms with van der Waals surface area (Å²) in [6.45, 7) is 4.28. The number of carbonyl (C=O) groups is 1. The Hall–Kier alpha value is -1.00. The Labute approximate surface area is 131 Å². The maximum absolute atomic E-state index is 12.0. The number of aryl methyl sites for hydroxylation is 2.